The Labute approximate surface area is 185 Å². The number of nitrogens with zero attached hydrogens (tertiary/aromatic N) is 1. The third-order valence-electron chi connectivity index (χ3n) is 9.60. The number of methoxy groups -OCH3 is 1. The molecule has 168 valence electrons. The number of benzene rings is 1. The van der Waals surface area contributed by atoms with Crippen LogP contribution in [0.1, 0.15) is 56.1 Å². The molecule has 1 aromatic rings. The zero-order valence-electron chi connectivity index (χ0n) is 18.8. The Morgan fingerprint density at radius 2 is 1.94 bits per heavy atom. The summed E-state index contributed by atoms with van der Waals surface area (Å²) < 4.78 is 17.2. The predicted octanol–water partition coefficient (Wildman–Crippen LogP) is 4.63. The standard InChI is InChI=1S/C26H35NO4/c1-26-10-9-21-20-6-4-19(31-25(28)27-12-17-14-30-15-18(17)13-27)11-16(20)3-5-22(21)23(26)7-8-24(26)29-2/h4,6,11,17-18,21-24H,3,5,7-10,12-15H2,1-2H3. The van der Waals surface area contributed by atoms with E-state index in [9.17, 15) is 4.79 Å². The second-order valence-corrected chi connectivity index (χ2v) is 11.0. The number of amides is 1. The van der Waals surface area contributed by atoms with Gasteiger partial charge in [-0.2, -0.15) is 0 Å². The minimum atomic E-state index is -0.201. The highest BCUT2D eigenvalue weighted by Crippen LogP contribution is 2.61. The molecule has 5 heteroatoms. The SMILES string of the molecule is COC1CCC2C3CCc4cc(OC(=O)N5CC6COCC6C5)ccc4C3CCC12C. The highest BCUT2D eigenvalue weighted by atomic mass is 16.6. The lowest BCUT2D eigenvalue weighted by Gasteiger charge is -2.50. The quantitative estimate of drug-likeness (QED) is 0.693. The van der Waals surface area contributed by atoms with Gasteiger partial charge in [0.2, 0.25) is 0 Å². The first kappa shape index (κ1) is 20.0. The van der Waals surface area contributed by atoms with Crippen LogP contribution in [0.4, 0.5) is 4.79 Å². The number of carbonyl (C=O) groups is 1. The van der Waals surface area contributed by atoms with Crippen LogP contribution in [-0.2, 0) is 15.9 Å². The van der Waals surface area contributed by atoms with Crippen molar-refractivity contribution in [3.63, 3.8) is 0 Å². The Balaban J connectivity index is 1.16. The first-order valence-electron chi connectivity index (χ1n) is 12.3. The van der Waals surface area contributed by atoms with Crippen LogP contribution in [0.15, 0.2) is 18.2 Å². The predicted molar refractivity (Wildman–Crippen MR) is 117 cm³/mol. The molecule has 1 amide bonds. The third kappa shape index (κ3) is 3.14. The summed E-state index contributed by atoms with van der Waals surface area (Å²) in [6, 6.07) is 6.43. The van der Waals surface area contributed by atoms with Crippen molar-refractivity contribution in [2.45, 2.75) is 57.5 Å². The average Bonchev–Trinajstić information content (AvgIpc) is 3.45. The zero-order chi connectivity index (χ0) is 21.2. The van der Waals surface area contributed by atoms with Gasteiger partial charge < -0.3 is 19.1 Å². The van der Waals surface area contributed by atoms with Crippen molar-refractivity contribution < 1.29 is 19.0 Å². The molecule has 0 N–H and O–H groups in total. The average molecular weight is 426 g/mol. The van der Waals surface area contributed by atoms with Gasteiger partial charge in [0.1, 0.15) is 5.75 Å². The van der Waals surface area contributed by atoms with Crippen molar-refractivity contribution in [1.29, 1.82) is 0 Å². The summed E-state index contributed by atoms with van der Waals surface area (Å²) in [6.07, 6.45) is 7.61. The van der Waals surface area contributed by atoms with E-state index < -0.39 is 0 Å². The minimum Gasteiger partial charge on any atom is -0.410 e. The largest absolute Gasteiger partial charge is 0.415 e. The van der Waals surface area contributed by atoms with E-state index in [4.69, 9.17) is 14.2 Å². The highest BCUT2D eigenvalue weighted by molar-refractivity contribution is 5.71. The number of likely N-dealkylation sites (tertiary alicyclic amines) is 1. The minimum absolute atomic E-state index is 0.201. The first-order valence-corrected chi connectivity index (χ1v) is 12.3. The molecule has 2 saturated carbocycles. The van der Waals surface area contributed by atoms with Gasteiger partial charge in [-0.15, -0.1) is 0 Å². The van der Waals surface area contributed by atoms with Crippen molar-refractivity contribution in [3.05, 3.63) is 29.3 Å². The summed E-state index contributed by atoms with van der Waals surface area (Å²) in [5, 5.41) is 0. The van der Waals surface area contributed by atoms with E-state index in [0.717, 1.165) is 44.6 Å². The van der Waals surface area contributed by atoms with Gasteiger partial charge in [-0.25, -0.2) is 4.79 Å². The lowest BCUT2D eigenvalue weighted by molar-refractivity contribution is -0.0444. The number of rotatable bonds is 2. The van der Waals surface area contributed by atoms with Crippen molar-refractivity contribution in [2.75, 3.05) is 33.4 Å². The fourth-order valence-electron chi connectivity index (χ4n) is 7.96. The molecule has 7 atom stereocenters. The summed E-state index contributed by atoms with van der Waals surface area (Å²) >= 11 is 0. The van der Waals surface area contributed by atoms with E-state index in [1.165, 1.54) is 43.2 Å². The lowest BCUT2D eigenvalue weighted by atomic mass is 9.55. The van der Waals surface area contributed by atoms with E-state index in [-0.39, 0.29) is 6.09 Å². The van der Waals surface area contributed by atoms with E-state index in [2.05, 4.69) is 19.1 Å². The number of aryl methyl sites for hydroxylation is 1. The van der Waals surface area contributed by atoms with E-state index >= 15 is 0 Å². The summed E-state index contributed by atoms with van der Waals surface area (Å²) in [7, 11) is 1.89. The molecule has 6 rings (SSSR count). The van der Waals surface area contributed by atoms with Crippen molar-refractivity contribution in [3.8, 4) is 5.75 Å². The van der Waals surface area contributed by atoms with E-state index in [0.29, 0.717) is 35.0 Å². The molecule has 2 aliphatic heterocycles. The summed E-state index contributed by atoms with van der Waals surface area (Å²) in [5.74, 6) is 3.87. The van der Waals surface area contributed by atoms with Crippen LogP contribution < -0.4 is 4.74 Å². The van der Waals surface area contributed by atoms with Crippen LogP contribution >= 0.6 is 0 Å². The molecule has 5 aliphatic rings. The van der Waals surface area contributed by atoms with Gasteiger partial charge in [0.25, 0.3) is 0 Å². The zero-order valence-corrected chi connectivity index (χ0v) is 18.8. The Hall–Kier alpha value is -1.59. The smallest absolute Gasteiger partial charge is 0.410 e. The van der Waals surface area contributed by atoms with Crippen LogP contribution in [0, 0.1) is 29.1 Å². The maximum absolute atomic E-state index is 12.7. The summed E-state index contributed by atoms with van der Waals surface area (Å²) in [4.78, 5) is 14.6. The molecule has 0 radical (unpaired) electrons. The van der Waals surface area contributed by atoms with Crippen molar-refractivity contribution >= 4 is 6.09 Å². The van der Waals surface area contributed by atoms with Crippen LogP contribution in [0.3, 0.4) is 0 Å². The van der Waals surface area contributed by atoms with Gasteiger partial charge in [-0.1, -0.05) is 13.0 Å². The number of carbonyl (C=O) groups excluding carboxylic acids is 1. The molecule has 0 aromatic heterocycles. The maximum atomic E-state index is 12.7. The second kappa shape index (κ2) is 7.48. The van der Waals surface area contributed by atoms with Gasteiger partial charge >= 0.3 is 6.09 Å². The number of fused-ring (bicyclic) bond motifs is 6. The Kier molecular flexibility index (Phi) is 4.84. The Bertz CT molecular complexity index is 859. The summed E-state index contributed by atoms with van der Waals surface area (Å²) in [5.41, 5.74) is 3.25. The number of hydrogen-bond donors (Lipinski definition) is 0. The monoisotopic (exact) mass is 425 g/mol. The van der Waals surface area contributed by atoms with Crippen LogP contribution in [0.5, 0.6) is 5.75 Å². The molecule has 31 heavy (non-hydrogen) atoms. The topological polar surface area (TPSA) is 48.0 Å². The van der Waals surface area contributed by atoms with Gasteiger partial charge in [0.05, 0.1) is 19.3 Å². The normalized spacial score (nSPS) is 40.8. The third-order valence-corrected chi connectivity index (χ3v) is 9.60. The van der Waals surface area contributed by atoms with Gasteiger partial charge in [-0.3, -0.25) is 0 Å². The molecule has 4 fully saturated rings. The van der Waals surface area contributed by atoms with E-state index in [1.807, 2.05) is 18.1 Å². The molecular weight excluding hydrogens is 390 g/mol. The molecule has 5 nitrogen and oxygen atoms in total. The Morgan fingerprint density at radius 3 is 2.71 bits per heavy atom. The van der Waals surface area contributed by atoms with Gasteiger partial charge in [0, 0.05) is 32.0 Å². The number of hydrogen-bond acceptors (Lipinski definition) is 4. The van der Waals surface area contributed by atoms with Crippen LogP contribution in [0.25, 0.3) is 0 Å². The van der Waals surface area contributed by atoms with Crippen LogP contribution in [0.2, 0.25) is 0 Å². The molecule has 0 bridgehead atoms. The molecule has 7 unspecified atom stereocenters. The molecule has 2 heterocycles. The highest BCUT2D eigenvalue weighted by Gasteiger charge is 2.55. The molecule has 0 spiro atoms. The molecule has 3 aliphatic carbocycles. The second-order valence-electron chi connectivity index (χ2n) is 11.0. The molecule has 2 saturated heterocycles. The first-order chi connectivity index (χ1) is 15.1. The summed E-state index contributed by atoms with van der Waals surface area (Å²) in [6.45, 7) is 5.56. The van der Waals surface area contributed by atoms with Gasteiger partial charge in [0.15, 0.2) is 0 Å². The van der Waals surface area contributed by atoms with Crippen molar-refractivity contribution in [1.82, 2.24) is 4.90 Å². The van der Waals surface area contributed by atoms with Gasteiger partial charge in [-0.05, 0) is 85.0 Å². The van der Waals surface area contributed by atoms with Crippen molar-refractivity contribution in [2.24, 2.45) is 29.1 Å². The lowest BCUT2D eigenvalue weighted by Crippen LogP contribution is -2.44. The fourth-order valence-corrected chi connectivity index (χ4v) is 7.96. The molecular formula is C26H35NO4. The number of ether oxygens (including phenoxy) is 3. The Morgan fingerprint density at radius 1 is 1.13 bits per heavy atom. The maximum Gasteiger partial charge on any atom is 0.415 e. The molecule has 1 aromatic carbocycles. The van der Waals surface area contributed by atoms with Crippen LogP contribution in [-0.4, -0.2) is 50.5 Å². The van der Waals surface area contributed by atoms with E-state index in [1.54, 1.807) is 0 Å². The fraction of sp³-hybridized carbons (Fsp3) is 0.731.